The summed E-state index contributed by atoms with van der Waals surface area (Å²) in [6.07, 6.45) is 7.41. The molecule has 2 rings (SSSR count). The second-order valence-corrected chi connectivity index (χ2v) is 6.54. The summed E-state index contributed by atoms with van der Waals surface area (Å²) >= 11 is 0. The summed E-state index contributed by atoms with van der Waals surface area (Å²) in [5.41, 5.74) is -0.00357. The lowest BCUT2D eigenvalue weighted by molar-refractivity contribution is -0.0123. The molecule has 0 aromatic heterocycles. The molecule has 0 aromatic carbocycles. The number of rotatable bonds is 4. The molecule has 2 fully saturated rings. The van der Waals surface area contributed by atoms with E-state index in [0.717, 1.165) is 12.8 Å². The molecule has 0 bridgehead atoms. The van der Waals surface area contributed by atoms with E-state index < -0.39 is 0 Å². The molecular weight excluding hydrogens is 211 g/mol. The molecular formula is C14H26BO2. The lowest BCUT2D eigenvalue weighted by Crippen LogP contribution is -2.39. The minimum atomic E-state index is -0.00178. The van der Waals surface area contributed by atoms with Crippen LogP contribution in [-0.4, -0.2) is 18.9 Å². The maximum Gasteiger partial charge on any atom is 0.488 e. The van der Waals surface area contributed by atoms with E-state index in [1.807, 2.05) is 0 Å². The molecule has 0 saturated heterocycles. The molecule has 4 unspecified atom stereocenters. The largest absolute Gasteiger partial charge is 0.488 e. The van der Waals surface area contributed by atoms with E-state index in [4.69, 9.17) is 9.31 Å². The fourth-order valence-corrected chi connectivity index (χ4v) is 3.22. The van der Waals surface area contributed by atoms with Gasteiger partial charge in [-0.25, -0.2) is 0 Å². The fraction of sp³-hybridized carbons (Fsp3) is 1.00. The van der Waals surface area contributed by atoms with E-state index in [1.165, 1.54) is 25.7 Å². The Morgan fingerprint density at radius 1 is 0.882 bits per heavy atom. The van der Waals surface area contributed by atoms with E-state index in [1.54, 1.807) is 7.69 Å². The van der Waals surface area contributed by atoms with E-state index in [2.05, 4.69) is 27.7 Å². The van der Waals surface area contributed by atoms with Crippen molar-refractivity contribution in [2.75, 3.05) is 0 Å². The third-order valence-corrected chi connectivity index (χ3v) is 5.34. The molecule has 2 aliphatic carbocycles. The van der Waals surface area contributed by atoms with Gasteiger partial charge < -0.3 is 9.31 Å². The molecule has 0 amide bonds. The zero-order valence-corrected chi connectivity index (χ0v) is 11.8. The van der Waals surface area contributed by atoms with Crippen molar-refractivity contribution in [3.05, 3.63) is 0 Å². The first-order valence-corrected chi connectivity index (χ1v) is 7.14. The van der Waals surface area contributed by atoms with Gasteiger partial charge in [0.1, 0.15) is 0 Å². The predicted octanol–water partition coefficient (Wildman–Crippen LogP) is 3.71. The fourth-order valence-electron chi connectivity index (χ4n) is 3.22. The van der Waals surface area contributed by atoms with Crippen molar-refractivity contribution in [1.82, 2.24) is 0 Å². The first-order valence-electron chi connectivity index (χ1n) is 7.14. The third-order valence-electron chi connectivity index (χ3n) is 5.34. The molecule has 2 aliphatic rings. The highest BCUT2D eigenvalue weighted by atomic mass is 16.6. The van der Waals surface area contributed by atoms with Crippen molar-refractivity contribution in [3.63, 3.8) is 0 Å². The highest BCUT2D eigenvalue weighted by molar-refractivity contribution is 6.18. The van der Waals surface area contributed by atoms with Crippen LogP contribution in [0.5, 0.6) is 0 Å². The second kappa shape index (κ2) is 4.93. The second-order valence-electron chi connectivity index (χ2n) is 6.54. The molecule has 1 radical (unpaired) electrons. The van der Waals surface area contributed by atoms with E-state index in [-0.39, 0.29) is 11.2 Å². The Bertz CT molecular complexity index is 245. The summed E-state index contributed by atoms with van der Waals surface area (Å²) in [6.45, 7) is 8.98. The van der Waals surface area contributed by atoms with Crippen molar-refractivity contribution in [3.8, 4) is 0 Å². The quantitative estimate of drug-likeness (QED) is 0.694. The average Bonchev–Trinajstić information content (AvgIpc) is 2.75. The first-order chi connectivity index (χ1) is 7.96. The van der Waals surface area contributed by atoms with Crippen molar-refractivity contribution in [1.29, 1.82) is 0 Å². The van der Waals surface area contributed by atoms with Gasteiger partial charge >= 0.3 is 7.69 Å². The molecule has 2 saturated carbocycles. The Balaban J connectivity index is 1.79. The SMILES string of the molecule is CC1CCCC1(C)O[B]OC1(C)CCCC1C. The Morgan fingerprint density at radius 2 is 1.29 bits per heavy atom. The van der Waals surface area contributed by atoms with Crippen LogP contribution < -0.4 is 0 Å². The van der Waals surface area contributed by atoms with Crippen molar-refractivity contribution < 1.29 is 9.31 Å². The maximum atomic E-state index is 5.93. The molecule has 0 N–H and O–H groups in total. The summed E-state index contributed by atoms with van der Waals surface area (Å²) in [7, 11) is 1.64. The van der Waals surface area contributed by atoms with Crippen LogP contribution in [0, 0.1) is 11.8 Å². The van der Waals surface area contributed by atoms with Gasteiger partial charge in [-0.05, 0) is 51.4 Å². The van der Waals surface area contributed by atoms with Gasteiger partial charge in [0, 0.05) is 0 Å². The van der Waals surface area contributed by atoms with Gasteiger partial charge in [-0.3, -0.25) is 0 Å². The number of hydrogen-bond acceptors (Lipinski definition) is 2. The molecule has 0 heterocycles. The van der Waals surface area contributed by atoms with Gasteiger partial charge in [-0.2, -0.15) is 0 Å². The molecule has 0 aliphatic heterocycles. The minimum absolute atomic E-state index is 0.00178. The lowest BCUT2D eigenvalue weighted by Gasteiger charge is -2.34. The van der Waals surface area contributed by atoms with Crippen LogP contribution in [-0.2, 0) is 9.31 Å². The normalized spacial score (nSPS) is 46.4. The molecule has 0 aromatic rings. The summed E-state index contributed by atoms with van der Waals surface area (Å²) in [5.74, 6) is 1.27. The summed E-state index contributed by atoms with van der Waals surface area (Å²) in [6, 6.07) is 0. The third kappa shape index (κ3) is 2.71. The standard InChI is InChI=1S/C14H26BO2/c1-11-7-5-9-13(11,3)16-15-17-14(4)10-6-8-12(14)2/h11-12H,5-10H2,1-4H3. The molecule has 17 heavy (non-hydrogen) atoms. The topological polar surface area (TPSA) is 18.5 Å². The van der Waals surface area contributed by atoms with E-state index in [9.17, 15) is 0 Å². The maximum absolute atomic E-state index is 5.93. The number of hydrogen-bond donors (Lipinski definition) is 0. The van der Waals surface area contributed by atoms with Crippen LogP contribution in [0.2, 0.25) is 0 Å². The summed E-state index contributed by atoms with van der Waals surface area (Å²) < 4.78 is 11.9. The molecule has 2 nitrogen and oxygen atoms in total. The highest BCUT2D eigenvalue weighted by Crippen LogP contribution is 2.40. The zero-order valence-electron chi connectivity index (χ0n) is 11.8. The zero-order chi connectivity index (χ0) is 12.5. The minimum Gasteiger partial charge on any atom is -0.408 e. The van der Waals surface area contributed by atoms with Gasteiger partial charge in [0.05, 0.1) is 11.2 Å². The van der Waals surface area contributed by atoms with Crippen LogP contribution in [0.1, 0.15) is 66.2 Å². The monoisotopic (exact) mass is 237 g/mol. The van der Waals surface area contributed by atoms with Crippen LogP contribution >= 0.6 is 0 Å². The first kappa shape index (κ1) is 13.4. The van der Waals surface area contributed by atoms with Crippen LogP contribution in [0.25, 0.3) is 0 Å². The van der Waals surface area contributed by atoms with Gasteiger partial charge in [0.25, 0.3) is 0 Å². The van der Waals surface area contributed by atoms with Gasteiger partial charge in [0.2, 0.25) is 0 Å². The van der Waals surface area contributed by atoms with Crippen molar-refractivity contribution in [2.45, 2.75) is 77.4 Å². The van der Waals surface area contributed by atoms with E-state index in [0.29, 0.717) is 11.8 Å². The smallest absolute Gasteiger partial charge is 0.408 e. The van der Waals surface area contributed by atoms with Crippen LogP contribution in [0.15, 0.2) is 0 Å². The Kier molecular flexibility index (Phi) is 3.89. The lowest BCUT2D eigenvalue weighted by atomic mass is 9.92. The average molecular weight is 237 g/mol. The van der Waals surface area contributed by atoms with Crippen molar-refractivity contribution >= 4 is 7.69 Å². The Labute approximate surface area is 107 Å². The predicted molar refractivity (Wildman–Crippen MR) is 70.8 cm³/mol. The molecule has 0 spiro atoms. The van der Waals surface area contributed by atoms with Gasteiger partial charge in [0.15, 0.2) is 0 Å². The Morgan fingerprint density at radius 3 is 1.59 bits per heavy atom. The Hall–Kier alpha value is -0.0151. The van der Waals surface area contributed by atoms with E-state index >= 15 is 0 Å². The molecule has 4 atom stereocenters. The highest BCUT2D eigenvalue weighted by Gasteiger charge is 2.40. The van der Waals surface area contributed by atoms with Crippen molar-refractivity contribution in [2.24, 2.45) is 11.8 Å². The van der Waals surface area contributed by atoms with Crippen LogP contribution in [0.4, 0.5) is 0 Å². The van der Waals surface area contributed by atoms with Gasteiger partial charge in [-0.15, -0.1) is 0 Å². The molecule has 3 heteroatoms. The van der Waals surface area contributed by atoms with Crippen LogP contribution in [0.3, 0.4) is 0 Å². The summed E-state index contributed by atoms with van der Waals surface area (Å²) in [5, 5.41) is 0. The van der Waals surface area contributed by atoms with Gasteiger partial charge in [-0.1, -0.05) is 26.7 Å². The molecule has 97 valence electrons. The summed E-state index contributed by atoms with van der Waals surface area (Å²) in [4.78, 5) is 0.